The Kier molecular flexibility index (Phi) is 11.7. The molecule has 0 bridgehead atoms. The number of pyridine rings is 2. The standard InChI is InChI=1S/C27H31BClF2N4O3/c1-6-10-33-24(35-12-7-8-20(26(35)37)27(3,4)17-36)9-11-32-18(2)13-23(25(29)28-5)38-16-22-21(31)14-19(30)15-34-22/h6-15,32,36H,16-17H2,1-5H3/b10-6+,11-9+,18-13-,25-23-,33-24-. The number of ether oxygens (including phenoxy) is 1. The van der Waals surface area contributed by atoms with Crippen molar-refractivity contribution in [2.45, 2.75) is 46.5 Å². The molecule has 0 aliphatic carbocycles. The molecule has 11 heteroatoms. The van der Waals surface area contributed by atoms with Gasteiger partial charge in [0.05, 0.1) is 12.8 Å². The molecule has 1 radical (unpaired) electrons. The van der Waals surface area contributed by atoms with Gasteiger partial charge in [0.1, 0.15) is 29.7 Å². The zero-order valence-corrected chi connectivity index (χ0v) is 22.8. The maximum absolute atomic E-state index is 13.9. The van der Waals surface area contributed by atoms with E-state index in [2.05, 4.69) is 15.3 Å². The van der Waals surface area contributed by atoms with E-state index in [9.17, 15) is 18.7 Å². The van der Waals surface area contributed by atoms with Crippen LogP contribution in [0.2, 0.25) is 6.82 Å². The zero-order valence-electron chi connectivity index (χ0n) is 22.0. The molecule has 0 fully saturated rings. The topological polar surface area (TPSA) is 88.7 Å². The summed E-state index contributed by atoms with van der Waals surface area (Å²) in [5, 5.41) is 12.8. The van der Waals surface area contributed by atoms with E-state index in [1.807, 2.05) is 0 Å². The number of nitrogens with zero attached hydrogens (tertiary/aromatic N) is 3. The summed E-state index contributed by atoms with van der Waals surface area (Å²) in [4.78, 5) is 21.5. The van der Waals surface area contributed by atoms with Gasteiger partial charge in [0.15, 0.2) is 13.1 Å². The first-order chi connectivity index (χ1) is 18.0. The fourth-order valence-corrected chi connectivity index (χ4v) is 3.22. The number of rotatable bonds is 11. The first-order valence-corrected chi connectivity index (χ1v) is 12.2. The zero-order chi connectivity index (χ0) is 28.3. The minimum Gasteiger partial charge on any atom is -0.487 e. The molecule has 0 saturated carbocycles. The number of aliphatic imine (C=N–C) groups is 1. The third-order valence-corrected chi connectivity index (χ3v) is 5.71. The van der Waals surface area contributed by atoms with Crippen LogP contribution >= 0.6 is 11.6 Å². The molecule has 0 aliphatic rings. The Morgan fingerprint density at radius 3 is 2.76 bits per heavy atom. The third-order valence-electron chi connectivity index (χ3n) is 5.30. The Balaban J connectivity index is 2.28. The highest BCUT2D eigenvalue weighted by Gasteiger charge is 2.24. The summed E-state index contributed by atoms with van der Waals surface area (Å²) in [5.41, 5.74) is -0.0191. The van der Waals surface area contributed by atoms with Crippen molar-refractivity contribution in [3.05, 3.63) is 111 Å². The van der Waals surface area contributed by atoms with Crippen LogP contribution < -0.4 is 10.9 Å². The molecule has 0 unspecified atom stereocenters. The van der Waals surface area contributed by atoms with Crippen LogP contribution in [0.25, 0.3) is 0 Å². The maximum atomic E-state index is 13.9. The smallest absolute Gasteiger partial charge is 0.260 e. The SMILES string of the molecule is C[B]/C(Cl)=C(\C=C(\C)N/C=C/C(=N/C=C/C)n1cccc(C(C)(C)CO)c1=O)OCc1ncc(F)cc1F. The van der Waals surface area contributed by atoms with Gasteiger partial charge in [-0.25, -0.2) is 13.8 Å². The lowest BCUT2D eigenvalue weighted by molar-refractivity contribution is 0.202. The van der Waals surface area contributed by atoms with Crippen molar-refractivity contribution >= 4 is 24.7 Å². The molecule has 2 heterocycles. The summed E-state index contributed by atoms with van der Waals surface area (Å²) in [6.07, 6.45) is 10.6. The largest absolute Gasteiger partial charge is 0.487 e. The van der Waals surface area contributed by atoms with E-state index in [1.54, 1.807) is 90.8 Å². The molecule has 2 rings (SSSR count). The summed E-state index contributed by atoms with van der Waals surface area (Å²) < 4.78 is 34.1. The lowest BCUT2D eigenvalue weighted by Crippen LogP contribution is -2.36. The van der Waals surface area contributed by atoms with Gasteiger partial charge in [-0.3, -0.25) is 14.3 Å². The molecule has 0 aliphatic heterocycles. The average molecular weight is 544 g/mol. The van der Waals surface area contributed by atoms with E-state index in [0.29, 0.717) is 17.1 Å². The molecule has 201 valence electrons. The van der Waals surface area contributed by atoms with Crippen molar-refractivity contribution in [2.75, 3.05) is 6.61 Å². The fourth-order valence-electron chi connectivity index (χ4n) is 3.11. The molecule has 38 heavy (non-hydrogen) atoms. The summed E-state index contributed by atoms with van der Waals surface area (Å²) in [6.45, 7) is 8.41. The monoisotopic (exact) mass is 543 g/mol. The van der Waals surface area contributed by atoms with E-state index < -0.39 is 17.0 Å². The molecule has 0 aromatic carbocycles. The third kappa shape index (κ3) is 8.53. The van der Waals surface area contributed by atoms with E-state index in [0.717, 1.165) is 12.3 Å². The summed E-state index contributed by atoms with van der Waals surface area (Å²) in [7, 11) is 1.61. The van der Waals surface area contributed by atoms with E-state index >= 15 is 0 Å². The van der Waals surface area contributed by atoms with Crippen molar-refractivity contribution in [2.24, 2.45) is 4.99 Å². The molecular weight excluding hydrogens is 513 g/mol. The molecule has 2 N–H and O–H groups in total. The van der Waals surface area contributed by atoms with Gasteiger partial charge in [-0.15, -0.1) is 0 Å². The minimum absolute atomic E-state index is 0.0646. The van der Waals surface area contributed by atoms with Gasteiger partial charge in [0, 0.05) is 46.3 Å². The molecule has 2 aromatic heterocycles. The highest BCUT2D eigenvalue weighted by atomic mass is 35.5. The number of nitrogens with one attached hydrogen (secondary N) is 1. The Hall–Kier alpha value is -3.50. The molecule has 2 aromatic rings. The van der Waals surface area contributed by atoms with Crippen LogP contribution in [0.1, 0.15) is 39.0 Å². The first-order valence-electron chi connectivity index (χ1n) is 11.8. The number of hydrogen-bond acceptors (Lipinski definition) is 6. The molecule has 7 nitrogen and oxygen atoms in total. The number of aromatic nitrogens is 2. The van der Waals surface area contributed by atoms with Gasteiger partial charge < -0.3 is 15.2 Å². The summed E-state index contributed by atoms with van der Waals surface area (Å²) in [6, 6.07) is 4.14. The van der Waals surface area contributed by atoms with Crippen molar-refractivity contribution in [1.82, 2.24) is 14.9 Å². The molecule has 0 spiro atoms. The van der Waals surface area contributed by atoms with Gasteiger partial charge in [0.25, 0.3) is 5.56 Å². The second-order valence-electron chi connectivity index (χ2n) is 8.79. The van der Waals surface area contributed by atoms with Crippen LogP contribution in [-0.2, 0) is 16.8 Å². The lowest BCUT2D eigenvalue weighted by Gasteiger charge is -2.22. The van der Waals surface area contributed by atoms with Crippen LogP contribution in [0, 0.1) is 11.6 Å². The van der Waals surface area contributed by atoms with E-state index in [4.69, 9.17) is 16.3 Å². The molecule has 0 saturated heterocycles. The van der Waals surface area contributed by atoms with Crippen LogP contribution in [0.3, 0.4) is 0 Å². The predicted octanol–water partition coefficient (Wildman–Crippen LogP) is 4.96. The van der Waals surface area contributed by atoms with E-state index in [-0.39, 0.29) is 35.2 Å². The Morgan fingerprint density at radius 1 is 1.39 bits per heavy atom. The lowest BCUT2D eigenvalue weighted by atomic mass is 9.81. The van der Waals surface area contributed by atoms with Gasteiger partial charge in [-0.05, 0) is 32.1 Å². The second kappa shape index (κ2) is 14.4. The predicted molar refractivity (Wildman–Crippen MR) is 148 cm³/mol. The van der Waals surface area contributed by atoms with Crippen LogP contribution in [0.15, 0.2) is 87.4 Å². The molecule has 0 amide bonds. The van der Waals surface area contributed by atoms with Crippen molar-refractivity contribution < 1.29 is 18.6 Å². The quantitative estimate of drug-likeness (QED) is 0.138. The number of halogens is 3. The summed E-state index contributed by atoms with van der Waals surface area (Å²) >= 11 is 6.26. The summed E-state index contributed by atoms with van der Waals surface area (Å²) in [5.74, 6) is -1.01. The Bertz CT molecular complexity index is 1330. The Morgan fingerprint density at radius 2 is 2.13 bits per heavy atom. The number of hydrogen-bond donors (Lipinski definition) is 2. The number of aliphatic hydroxyl groups is 1. The molecule has 0 atom stereocenters. The molecular formula is C27H31BClF2N4O3. The van der Waals surface area contributed by atoms with Crippen LogP contribution in [0.5, 0.6) is 0 Å². The van der Waals surface area contributed by atoms with Gasteiger partial charge in [-0.2, -0.15) is 0 Å². The van der Waals surface area contributed by atoms with Crippen LogP contribution in [0.4, 0.5) is 8.78 Å². The normalized spacial score (nSPS) is 13.7. The highest BCUT2D eigenvalue weighted by molar-refractivity contribution is 6.63. The second-order valence-corrected chi connectivity index (χ2v) is 9.19. The number of allylic oxidation sites excluding steroid dienone is 4. The van der Waals surface area contributed by atoms with Gasteiger partial charge >= 0.3 is 0 Å². The van der Waals surface area contributed by atoms with Crippen molar-refractivity contribution in [1.29, 1.82) is 0 Å². The first kappa shape index (κ1) is 30.7. The fraction of sp³-hybridized carbons (Fsp3) is 0.296. The van der Waals surface area contributed by atoms with E-state index in [1.165, 1.54) is 4.57 Å². The van der Waals surface area contributed by atoms with Crippen molar-refractivity contribution in [3.8, 4) is 0 Å². The van der Waals surface area contributed by atoms with Gasteiger partial charge in [-0.1, -0.05) is 44.4 Å². The maximum Gasteiger partial charge on any atom is 0.260 e. The highest BCUT2D eigenvalue weighted by Crippen LogP contribution is 2.19. The average Bonchev–Trinajstić information content (AvgIpc) is 2.89. The Labute approximate surface area is 227 Å². The minimum atomic E-state index is -0.822. The number of aliphatic hydroxyl groups excluding tert-OH is 1. The van der Waals surface area contributed by atoms with Crippen molar-refractivity contribution in [3.63, 3.8) is 0 Å². The van der Waals surface area contributed by atoms with Crippen LogP contribution in [-0.4, -0.2) is 34.4 Å². The van der Waals surface area contributed by atoms with Gasteiger partial charge in [0.2, 0.25) is 0 Å².